The molecule has 12 heteroatoms. The van der Waals surface area contributed by atoms with E-state index in [0.29, 0.717) is 15.8 Å². The van der Waals surface area contributed by atoms with Gasteiger partial charge in [0.15, 0.2) is 0 Å². The van der Waals surface area contributed by atoms with Crippen LogP contribution in [0.2, 0.25) is 10.0 Å². The van der Waals surface area contributed by atoms with Crippen molar-refractivity contribution in [3.05, 3.63) is 100 Å². The van der Waals surface area contributed by atoms with Gasteiger partial charge in [-0.1, -0.05) is 65.7 Å². The molecule has 4 N–H and O–H groups in total. The third kappa shape index (κ3) is 6.33. The number of primary amides is 1. The van der Waals surface area contributed by atoms with Crippen molar-refractivity contribution in [3.63, 3.8) is 0 Å². The summed E-state index contributed by atoms with van der Waals surface area (Å²) < 4.78 is 30.4. The highest BCUT2D eigenvalue weighted by molar-refractivity contribution is 7.90. The van der Waals surface area contributed by atoms with Crippen LogP contribution in [0.3, 0.4) is 0 Å². The van der Waals surface area contributed by atoms with E-state index in [1.165, 1.54) is 36.2 Å². The second-order valence-electron chi connectivity index (χ2n) is 8.65. The third-order valence-corrected chi connectivity index (χ3v) is 7.68. The fourth-order valence-corrected chi connectivity index (χ4v) is 5.16. The Morgan fingerprint density at radius 3 is 2.18 bits per heavy atom. The number of rotatable bonds is 7. The summed E-state index contributed by atoms with van der Waals surface area (Å²) in [5, 5.41) is 19.8. The number of aliphatic hydroxyl groups excluding tert-OH is 1. The van der Waals surface area contributed by atoms with E-state index in [1.807, 2.05) is 42.5 Å². The molecule has 0 spiro atoms. The van der Waals surface area contributed by atoms with Crippen LogP contribution in [0.1, 0.15) is 24.0 Å². The van der Waals surface area contributed by atoms with Crippen molar-refractivity contribution in [1.82, 2.24) is 10.3 Å². The number of benzene rings is 3. The lowest BCUT2D eigenvalue weighted by Crippen LogP contribution is -2.54. The van der Waals surface area contributed by atoms with Crippen LogP contribution in [-0.4, -0.2) is 54.8 Å². The van der Waals surface area contributed by atoms with E-state index in [2.05, 4.69) is 9.71 Å². The van der Waals surface area contributed by atoms with Gasteiger partial charge in [-0.15, -0.1) is 4.40 Å². The minimum absolute atomic E-state index is 0.116. The highest BCUT2D eigenvalue weighted by Crippen LogP contribution is 2.30. The Balaban J connectivity index is 1.82. The van der Waals surface area contributed by atoms with Crippen molar-refractivity contribution in [1.29, 1.82) is 0 Å². The molecule has 38 heavy (non-hydrogen) atoms. The Hall–Kier alpha value is -3.44. The molecule has 0 radical (unpaired) electrons. The summed E-state index contributed by atoms with van der Waals surface area (Å²) in [5.41, 5.74) is 7.82. The molecule has 1 unspecified atom stereocenters. The number of amides is 1. The fraction of sp³-hybridized carbons (Fsp3) is 0.192. The molecule has 198 valence electrons. The standard InChI is InChI=1S/C26H25Cl2N5O4S/c1-16(34)23(25(29)35)30-26(32-38(36,37)21-13-11-20(28)12-14-21)33-15-22(17-5-3-2-4-6-17)24(31-33)18-7-9-19(27)10-8-18/h2-14,16,22-23,34H,15H2,1H3,(H2,29,35)(H,30,32)/t16-,22-,23?/m0/s1. The summed E-state index contributed by atoms with van der Waals surface area (Å²) in [6, 6.07) is 20.8. The van der Waals surface area contributed by atoms with Gasteiger partial charge < -0.3 is 16.2 Å². The highest BCUT2D eigenvalue weighted by Gasteiger charge is 2.34. The second-order valence-corrected chi connectivity index (χ2v) is 11.1. The number of nitrogens with one attached hydrogen (secondary N) is 1. The van der Waals surface area contributed by atoms with Crippen LogP contribution < -0.4 is 11.1 Å². The van der Waals surface area contributed by atoms with Gasteiger partial charge in [-0.05, 0) is 54.4 Å². The van der Waals surface area contributed by atoms with Gasteiger partial charge in [-0.3, -0.25) is 4.79 Å². The summed E-state index contributed by atoms with van der Waals surface area (Å²) in [7, 11) is -4.28. The quantitative estimate of drug-likeness (QED) is 0.292. The summed E-state index contributed by atoms with van der Waals surface area (Å²) in [4.78, 5) is 12.0. The van der Waals surface area contributed by atoms with Crippen molar-refractivity contribution in [3.8, 4) is 0 Å². The third-order valence-electron chi connectivity index (χ3n) is 5.89. The molecular weight excluding hydrogens is 549 g/mol. The predicted molar refractivity (Wildman–Crippen MR) is 148 cm³/mol. The highest BCUT2D eigenvalue weighted by atomic mass is 35.5. The van der Waals surface area contributed by atoms with Gasteiger partial charge in [0.1, 0.15) is 6.04 Å². The van der Waals surface area contributed by atoms with E-state index < -0.39 is 28.1 Å². The van der Waals surface area contributed by atoms with E-state index >= 15 is 0 Å². The molecule has 0 saturated heterocycles. The summed E-state index contributed by atoms with van der Waals surface area (Å²) in [6.07, 6.45) is -1.25. The topological polar surface area (TPSA) is 137 Å². The van der Waals surface area contributed by atoms with Gasteiger partial charge in [0.25, 0.3) is 10.0 Å². The van der Waals surface area contributed by atoms with Crippen molar-refractivity contribution in [2.75, 3.05) is 6.54 Å². The first kappa shape index (κ1) is 27.6. The molecule has 3 atom stereocenters. The van der Waals surface area contributed by atoms with Crippen LogP contribution in [0.25, 0.3) is 0 Å². The predicted octanol–water partition coefficient (Wildman–Crippen LogP) is 3.37. The Kier molecular flexibility index (Phi) is 8.37. The molecule has 1 amide bonds. The van der Waals surface area contributed by atoms with Crippen molar-refractivity contribution >= 4 is 50.8 Å². The van der Waals surface area contributed by atoms with E-state index in [1.54, 1.807) is 12.1 Å². The van der Waals surface area contributed by atoms with Gasteiger partial charge >= 0.3 is 0 Å². The summed E-state index contributed by atoms with van der Waals surface area (Å²) in [5.74, 6) is -1.44. The SMILES string of the molecule is C[C@H](O)C(N/C(=N\S(=O)(=O)c1ccc(Cl)cc1)N1C[C@@H](c2ccccc2)C(c2ccc(Cl)cc2)=N1)C(N)=O. The minimum Gasteiger partial charge on any atom is -0.391 e. The number of aliphatic hydroxyl groups is 1. The summed E-state index contributed by atoms with van der Waals surface area (Å²) in [6.45, 7) is 1.54. The smallest absolute Gasteiger partial charge is 0.285 e. The van der Waals surface area contributed by atoms with Crippen LogP contribution in [0.5, 0.6) is 0 Å². The zero-order chi connectivity index (χ0) is 27.4. The maximum atomic E-state index is 13.2. The summed E-state index contributed by atoms with van der Waals surface area (Å²) >= 11 is 12.0. The van der Waals surface area contributed by atoms with Crippen LogP contribution in [-0.2, 0) is 14.8 Å². The normalized spacial score (nSPS) is 17.6. The molecule has 3 aromatic carbocycles. The second kappa shape index (κ2) is 11.5. The zero-order valence-electron chi connectivity index (χ0n) is 20.2. The number of nitrogens with zero attached hydrogens (tertiary/aromatic N) is 3. The van der Waals surface area contributed by atoms with Gasteiger partial charge in [-0.25, -0.2) is 5.01 Å². The number of hydrazone groups is 1. The van der Waals surface area contributed by atoms with E-state index in [4.69, 9.17) is 34.0 Å². The number of hydrogen-bond donors (Lipinski definition) is 3. The first-order valence-electron chi connectivity index (χ1n) is 11.6. The number of nitrogens with two attached hydrogens (primary N) is 1. The lowest BCUT2D eigenvalue weighted by Gasteiger charge is -2.24. The van der Waals surface area contributed by atoms with Gasteiger partial charge in [-0.2, -0.15) is 13.5 Å². The Morgan fingerprint density at radius 2 is 1.63 bits per heavy atom. The van der Waals surface area contributed by atoms with E-state index in [0.717, 1.165) is 11.1 Å². The molecule has 1 heterocycles. The van der Waals surface area contributed by atoms with Crippen molar-refractivity contribution < 1.29 is 18.3 Å². The lowest BCUT2D eigenvalue weighted by atomic mass is 9.91. The number of halogens is 2. The Labute approximate surface area is 230 Å². The number of guanidine groups is 1. The molecule has 0 aromatic heterocycles. The molecule has 0 bridgehead atoms. The monoisotopic (exact) mass is 573 g/mol. The van der Waals surface area contributed by atoms with Gasteiger partial charge in [0.05, 0.1) is 23.3 Å². The molecule has 1 aliphatic heterocycles. The first-order chi connectivity index (χ1) is 18.0. The van der Waals surface area contributed by atoms with Crippen molar-refractivity contribution in [2.45, 2.75) is 29.9 Å². The average molecular weight is 574 g/mol. The van der Waals surface area contributed by atoms with Crippen LogP contribution in [0.15, 0.2) is 93.3 Å². The first-order valence-corrected chi connectivity index (χ1v) is 13.8. The maximum absolute atomic E-state index is 13.2. The van der Waals surface area contributed by atoms with Crippen LogP contribution in [0, 0.1) is 0 Å². The van der Waals surface area contributed by atoms with Crippen LogP contribution in [0.4, 0.5) is 0 Å². The minimum atomic E-state index is -4.28. The molecular formula is C26H25Cl2N5O4S. The molecule has 1 aliphatic rings. The van der Waals surface area contributed by atoms with Crippen LogP contribution >= 0.6 is 23.2 Å². The number of sulfonamides is 1. The molecule has 0 aliphatic carbocycles. The van der Waals surface area contributed by atoms with E-state index in [9.17, 15) is 18.3 Å². The van der Waals surface area contributed by atoms with Crippen molar-refractivity contribution in [2.24, 2.45) is 15.2 Å². The number of carbonyl (C=O) groups excluding carboxylic acids is 1. The largest absolute Gasteiger partial charge is 0.391 e. The number of hydrogen-bond acceptors (Lipinski definition) is 5. The Bertz CT molecular complexity index is 1460. The lowest BCUT2D eigenvalue weighted by molar-refractivity contribution is -0.121. The molecule has 4 rings (SSSR count). The molecule has 9 nitrogen and oxygen atoms in total. The molecule has 0 fully saturated rings. The van der Waals surface area contributed by atoms with E-state index in [-0.39, 0.29) is 23.3 Å². The molecule has 0 saturated carbocycles. The maximum Gasteiger partial charge on any atom is 0.285 e. The average Bonchev–Trinajstić information content (AvgIpc) is 3.33. The zero-order valence-corrected chi connectivity index (χ0v) is 22.5. The molecule has 3 aromatic rings. The van der Waals surface area contributed by atoms with Gasteiger partial charge in [0, 0.05) is 16.0 Å². The Morgan fingerprint density at radius 1 is 1.05 bits per heavy atom. The number of carbonyl (C=O) groups is 1. The fourth-order valence-electron chi connectivity index (χ4n) is 3.95. The van der Waals surface area contributed by atoms with Gasteiger partial charge in [0.2, 0.25) is 11.9 Å².